The average Bonchev–Trinajstić information content (AvgIpc) is 3.32. The Kier molecular flexibility index (Phi) is 10.8. The first-order valence-electron chi connectivity index (χ1n) is 10.7. The van der Waals surface area contributed by atoms with Crippen molar-refractivity contribution in [1.82, 2.24) is 4.90 Å². The Balaban J connectivity index is 0.000000242. The minimum Gasteiger partial charge on any atom is -0.493 e. The molecule has 6 heteroatoms. The Morgan fingerprint density at radius 3 is 2.38 bits per heavy atom. The summed E-state index contributed by atoms with van der Waals surface area (Å²) in [7, 11) is 4.06. The second kappa shape index (κ2) is 13.8. The van der Waals surface area contributed by atoms with Crippen LogP contribution in [0.5, 0.6) is 5.75 Å². The number of carboxylic acids is 1. The molecule has 2 aromatic carbocycles. The number of unbranched alkanes of at least 4 members (excludes halogenated alkanes) is 2. The van der Waals surface area contributed by atoms with Crippen LogP contribution in [0.2, 0.25) is 0 Å². The monoisotopic (exact) mass is 437 g/mol. The van der Waals surface area contributed by atoms with Gasteiger partial charge < -0.3 is 19.2 Å². The molecule has 1 heterocycles. The van der Waals surface area contributed by atoms with Gasteiger partial charge >= 0.3 is 5.97 Å². The van der Waals surface area contributed by atoms with Crippen LogP contribution in [0.25, 0.3) is 11.3 Å². The van der Waals surface area contributed by atoms with E-state index in [0.717, 1.165) is 49.2 Å². The molecular formula is C26H31NO5. The van der Waals surface area contributed by atoms with Crippen molar-refractivity contribution in [3.05, 3.63) is 78.1 Å². The number of carbonyl (C=O) groups is 2. The van der Waals surface area contributed by atoms with Gasteiger partial charge in [-0.25, -0.2) is 0 Å². The number of benzene rings is 2. The standard InChI is InChI=1S/C15H23NO3.C11H8O2/c1-16(2)12-13-8-5-6-9-14(13)19-11-7-3-4-10-15(17)18;12-8-9-3-5-10(6-4-9)11-2-1-7-13-11/h5-6,8-9H,3-4,7,10-12H2,1-2H3,(H,17,18);1-8H. The van der Waals surface area contributed by atoms with Crippen molar-refractivity contribution < 1.29 is 23.8 Å². The molecule has 0 unspecified atom stereocenters. The largest absolute Gasteiger partial charge is 0.493 e. The fourth-order valence-corrected chi connectivity index (χ4v) is 3.02. The van der Waals surface area contributed by atoms with E-state index in [1.165, 1.54) is 5.56 Å². The zero-order valence-corrected chi connectivity index (χ0v) is 18.7. The SMILES string of the molecule is CN(C)Cc1ccccc1OCCCCCC(=O)O.O=Cc1ccc(-c2ccco2)cc1. The third kappa shape index (κ3) is 9.18. The summed E-state index contributed by atoms with van der Waals surface area (Å²) < 4.78 is 11.0. The summed E-state index contributed by atoms with van der Waals surface area (Å²) in [6.45, 7) is 1.50. The van der Waals surface area contributed by atoms with Gasteiger partial charge in [-0.05, 0) is 51.6 Å². The second-order valence-electron chi connectivity index (χ2n) is 7.62. The van der Waals surface area contributed by atoms with Gasteiger partial charge in [-0.15, -0.1) is 0 Å². The zero-order valence-electron chi connectivity index (χ0n) is 18.7. The molecule has 0 aliphatic heterocycles. The van der Waals surface area contributed by atoms with Crippen LogP contribution in [0.15, 0.2) is 71.3 Å². The maximum atomic E-state index is 10.4. The van der Waals surface area contributed by atoms with E-state index in [-0.39, 0.29) is 6.42 Å². The van der Waals surface area contributed by atoms with E-state index in [4.69, 9.17) is 14.3 Å². The van der Waals surface area contributed by atoms with Crippen LogP contribution in [0.3, 0.4) is 0 Å². The first kappa shape index (κ1) is 24.9. The summed E-state index contributed by atoms with van der Waals surface area (Å²) in [4.78, 5) is 22.9. The number of hydrogen-bond acceptors (Lipinski definition) is 5. The molecule has 0 fully saturated rings. The molecule has 0 bridgehead atoms. The molecule has 0 saturated carbocycles. The molecule has 6 nitrogen and oxygen atoms in total. The fraction of sp³-hybridized carbons (Fsp3) is 0.308. The number of para-hydroxylation sites is 1. The third-order valence-electron chi connectivity index (χ3n) is 4.60. The molecule has 32 heavy (non-hydrogen) atoms. The predicted molar refractivity (Wildman–Crippen MR) is 125 cm³/mol. The number of aldehydes is 1. The molecule has 0 aliphatic rings. The van der Waals surface area contributed by atoms with Gasteiger partial charge in [0.15, 0.2) is 0 Å². The number of hydrogen-bond donors (Lipinski definition) is 1. The first-order valence-corrected chi connectivity index (χ1v) is 10.7. The lowest BCUT2D eigenvalue weighted by Gasteiger charge is -2.14. The van der Waals surface area contributed by atoms with Crippen molar-refractivity contribution in [1.29, 1.82) is 0 Å². The number of carbonyl (C=O) groups excluding carboxylic acids is 1. The number of nitrogens with zero attached hydrogens (tertiary/aromatic N) is 1. The predicted octanol–water partition coefficient (Wildman–Crippen LogP) is 5.53. The number of furan rings is 1. The summed E-state index contributed by atoms with van der Waals surface area (Å²) in [5, 5.41) is 8.53. The van der Waals surface area contributed by atoms with Gasteiger partial charge in [-0.1, -0.05) is 42.5 Å². The van der Waals surface area contributed by atoms with Gasteiger partial charge in [-0.3, -0.25) is 9.59 Å². The number of carboxylic acid groups (broad SMARTS) is 1. The van der Waals surface area contributed by atoms with Crippen molar-refractivity contribution in [2.24, 2.45) is 0 Å². The molecule has 0 spiro atoms. The Morgan fingerprint density at radius 2 is 1.75 bits per heavy atom. The molecule has 0 atom stereocenters. The van der Waals surface area contributed by atoms with Crippen LogP contribution in [-0.2, 0) is 11.3 Å². The lowest BCUT2D eigenvalue weighted by atomic mass is 10.1. The van der Waals surface area contributed by atoms with Gasteiger partial charge in [0.2, 0.25) is 0 Å². The summed E-state index contributed by atoms with van der Waals surface area (Å²) in [5.41, 5.74) is 2.84. The highest BCUT2D eigenvalue weighted by Crippen LogP contribution is 2.20. The highest BCUT2D eigenvalue weighted by molar-refractivity contribution is 5.76. The van der Waals surface area contributed by atoms with Crippen molar-refractivity contribution in [2.75, 3.05) is 20.7 Å². The summed E-state index contributed by atoms with van der Waals surface area (Å²) >= 11 is 0. The molecule has 3 aromatic rings. The molecule has 1 aromatic heterocycles. The van der Waals surface area contributed by atoms with Gasteiger partial charge in [0.25, 0.3) is 0 Å². The van der Waals surface area contributed by atoms with E-state index in [2.05, 4.69) is 11.0 Å². The molecule has 0 amide bonds. The van der Waals surface area contributed by atoms with Crippen molar-refractivity contribution in [3.8, 4) is 17.1 Å². The van der Waals surface area contributed by atoms with Crippen molar-refractivity contribution >= 4 is 12.3 Å². The van der Waals surface area contributed by atoms with E-state index in [1.54, 1.807) is 18.4 Å². The Bertz CT molecular complexity index is 933. The number of rotatable bonds is 11. The molecule has 1 N–H and O–H groups in total. The van der Waals surface area contributed by atoms with Crippen LogP contribution in [0.1, 0.15) is 41.6 Å². The number of aliphatic carboxylic acids is 1. The topological polar surface area (TPSA) is 80.0 Å². The van der Waals surface area contributed by atoms with E-state index in [1.807, 2.05) is 56.6 Å². The zero-order chi connectivity index (χ0) is 23.2. The van der Waals surface area contributed by atoms with E-state index >= 15 is 0 Å². The molecule has 0 radical (unpaired) electrons. The van der Waals surface area contributed by atoms with Crippen molar-refractivity contribution in [3.63, 3.8) is 0 Å². The summed E-state index contributed by atoms with van der Waals surface area (Å²) in [6.07, 6.45) is 5.20. The maximum absolute atomic E-state index is 10.4. The van der Waals surface area contributed by atoms with E-state index in [0.29, 0.717) is 12.2 Å². The maximum Gasteiger partial charge on any atom is 0.303 e. The normalized spacial score (nSPS) is 10.3. The van der Waals surface area contributed by atoms with Gasteiger partial charge in [-0.2, -0.15) is 0 Å². The van der Waals surface area contributed by atoms with Gasteiger partial charge in [0.1, 0.15) is 17.8 Å². The Morgan fingerprint density at radius 1 is 1.00 bits per heavy atom. The molecular weight excluding hydrogens is 406 g/mol. The van der Waals surface area contributed by atoms with Crippen LogP contribution < -0.4 is 4.74 Å². The Hall–Kier alpha value is -3.38. The lowest BCUT2D eigenvalue weighted by Crippen LogP contribution is -2.12. The van der Waals surface area contributed by atoms with Gasteiger partial charge in [0, 0.05) is 29.7 Å². The van der Waals surface area contributed by atoms with E-state index < -0.39 is 5.97 Å². The Labute approximate surface area is 189 Å². The highest BCUT2D eigenvalue weighted by Gasteiger charge is 2.04. The van der Waals surface area contributed by atoms with Crippen LogP contribution >= 0.6 is 0 Å². The summed E-state index contributed by atoms with van der Waals surface area (Å²) in [6, 6.07) is 19.0. The average molecular weight is 438 g/mol. The minimum atomic E-state index is -0.725. The van der Waals surface area contributed by atoms with Crippen LogP contribution in [-0.4, -0.2) is 43.0 Å². The quantitative estimate of drug-likeness (QED) is 0.314. The minimum absolute atomic E-state index is 0.247. The second-order valence-corrected chi connectivity index (χ2v) is 7.62. The molecule has 0 saturated heterocycles. The highest BCUT2D eigenvalue weighted by atomic mass is 16.5. The molecule has 0 aliphatic carbocycles. The lowest BCUT2D eigenvalue weighted by molar-refractivity contribution is -0.137. The van der Waals surface area contributed by atoms with Crippen LogP contribution in [0.4, 0.5) is 0 Å². The smallest absolute Gasteiger partial charge is 0.303 e. The van der Waals surface area contributed by atoms with E-state index in [9.17, 15) is 9.59 Å². The molecule has 170 valence electrons. The molecule has 3 rings (SSSR count). The van der Waals surface area contributed by atoms with Crippen LogP contribution in [0, 0.1) is 0 Å². The third-order valence-corrected chi connectivity index (χ3v) is 4.60. The van der Waals surface area contributed by atoms with Crippen molar-refractivity contribution in [2.45, 2.75) is 32.2 Å². The first-order chi connectivity index (χ1) is 15.5. The van der Waals surface area contributed by atoms with Gasteiger partial charge in [0.05, 0.1) is 12.9 Å². The summed E-state index contributed by atoms with van der Waals surface area (Å²) in [5.74, 6) is 1.02. The number of ether oxygens (including phenoxy) is 1. The fourth-order valence-electron chi connectivity index (χ4n) is 3.02.